The van der Waals surface area contributed by atoms with Crippen LogP contribution in [0, 0.1) is 13.8 Å². The first-order valence-electron chi connectivity index (χ1n) is 10.2. The molecule has 4 rings (SSSR count). The van der Waals surface area contributed by atoms with Gasteiger partial charge in [0.15, 0.2) is 5.76 Å². The number of benzene rings is 1. The molecule has 1 aromatic heterocycles. The van der Waals surface area contributed by atoms with E-state index in [1.54, 1.807) is 19.1 Å². The quantitative estimate of drug-likeness (QED) is 0.661. The second-order valence-corrected chi connectivity index (χ2v) is 8.89. The molecule has 1 unspecified atom stereocenters. The molecule has 2 aromatic rings. The van der Waals surface area contributed by atoms with Crippen molar-refractivity contribution in [1.82, 2.24) is 14.8 Å². The van der Waals surface area contributed by atoms with Crippen LogP contribution in [0.3, 0.4) is 0 Å². The molecule has 164 valence electrons. The third kappa shape index (κ3) is 4.21. The minimum absolute atomic E-state index is 0.0288. The van der Waals surface area contributed by atoms with Gasteiger partial charge in [-0.2, -0.15) is 0 Å². The Labute approximate surface area is 184 Å². The van der Waals surface area contributed by atoms with E-state index in [2.05, 4.69) is 9.88 Å². The standard InChI is InChI=1S/C22H25N3O5S/c1-13-21(31-14(2)23-13)19(27)17-18(15-4-3-5-16(26)12-15)25(22(29)20(17)28)7-6-24-8-10-30-11-9-24/h3-5,12,18,26,28H,6-11H2,1-2H3. The van der Waals surface area contributed by atoms with Gasteiger partial charge in [-0.3, -0.25) is 14.5 Å². The molecule has 0 bridgehead atoms. The Morgan fingerprint density at radius 3 is 2.61 bits per heavy atom. The summed E-state index contributed by atoms with van der Waals surface area (Å²) in [4.78, 5) is 34.9. The van der Waals surface area contributed by atoms with E-state index in [4.69, 9.17) is 4.74 Å². The monoisotopic (exact) mass is 443 g/mol. The van der Waals surface area contributed by atoms with E-state index < -0.39 is 23.5 Å². The third-order valence-electron chi connectivity index (χ3n) is 5.60. The smallest absolute Gasteiger partial charge is 0.290 e. The number of rotatable bonds is 6. The highest BCUT2D eigenvalue weighted by atomic mass is 32.1. The molecule has 3 heterocycles. The van der Waals surface area contributed by atoms with E-state index in [1.807, 2.05) is 6.92 Å². The Kier molecular flexibility index (Phi) is 6.08. The molecule has 9 heteroatoms. The predicted octanol–water partition coefficient (Wildman–Crippen LogP) is 2.38. The lowest BCUT2D eigenvalue weighted by atomic mass is 9.95. The molecule has 0 spiro atoms. The lowest BCUT2D eigenvalue weighted by Crippen LogP contribution is -2.43. The van der Waals surface area contributed by atoms with Crippen LogP contribution in [0.1, 0.15) is 32.0 Å². The molecule has 2 aliphatic heterocycles. The number of morpholine rings is 1. The van der Waals surface area contributed by atoms with Crippen molar-refractivity contribution >= 4 is 23.0 Å². The van der Waals surface area contributed by atoms with Crippen LogP contribution in [0.2, 0.25) is 0 Å². The zero-order valence-corrected chi connectivity index (χ0v) is 18.3. The minimum Gasteiger partial charge on any atom is -0.508 e. The molecule has 2 N–H and O–H groups in total. The molecule has 1 amide bonds. The summed E-state index contributed by atoms with van der Waals surface area (Å²) in [5.41, 5.74) is 1.17. The number of thiazole rings is 1. The number of ether oxygens (including phenoxy) is 1. The molecular formula is C22H25N3O5S. The number of nitrogens with zero attached hydrogens (tertiary/aromatic N) is 3. The molecule has 0 radical (unpaired) electrons. The van der Waals surface area contributed by atoms with Gasteiger partial charge in [0.1, 0.15) is 5.75 Å². The number of phenols is 1. The maximum Gasteiger partial charge on any atom is 0.290 e. The minimum atomic E-state index is -0.782. The Bertz CT molecular complexity index is 1040. The van der Waals surface area contributed by atoms with Crippen LogP contribution < -0.4 is 0 Å². The van der Waals surface area contributed by atoms with Gasteiger partial charge in [0.25, 0.3) is 5.91 Å². The van der Waals surface area contributed by atoms with Crippen molar-refractivity contribution in [2.24, 2.45) is 0 Å². The van der Waals surface area contributed by atoms with Crippen molar-refractivity contribution in [3.63, 3.8) is 0 Å². The normalized spacial score (nSPS) is 20.0. The predicted molar refractivity (Wildman–Crippen MR) is 115 cm³/mol. The van der Waals surface area contributed by atoms with Gasteiger partial charge < -0.3 is 19.8 Å². The lowest BCUT2D eigenvalue weighted by Gasteiger charge is -2.31. The number of Topliss-reactive ketones (excluding diaryl/α,β-unsaturated/α-hetero) is 1. The fraction of sp³-hybridized carbons (Fsp3) is 0.409. The summed E-state index contributed by atoms with van der Waals surface area (Å²) < 4.78 is 5.38. The summed E-state index contributed by atoms with van der Waals surface area (Å²) in [5.74, 6) is -1.49. The summed E-state index contributed by atoms with van der Waals surface area (Å²) in [6, 6.07) is 5.68. The van der Waals surface area contributed by atoms with Crippen molar-refractivity contribution in [2.75, 3.05) is 39.4 Å². The SMILES string of the molecule is Cc1nc(C)c(C(=O)C2=C(O)C(=O)N(CCN3CCOCC3)C2c2cccc(O)c2)s1. The number of hydrogen-bond donors (Lipinski definition) is 2. The molecule has 0 saturated carbocycles. The number of aromatic nitrogens is 1. The lowest BCUT2D eigenvalue weighted by molar-refractivity contribution is -0.129. The molecular weight excluding hydrogens is 418 g/mol. The molecule has 2 aliphatic rings. The van der Waals surface area contributed by atoms with Crippen LogP contribution in [0.15, 0.2) is 35.6 Å². The number of aromatic hydroxyl groups is 1. The Balaban J connectivity index is 1.70. The molecule has 31 heavy (non-hydrogen) atoms. The van der Waals surface area contributed by atoms with E-state index in [0.717, 1.165) is 18.1 Å². The fourth-order valence-electron chi connectivity index (χ4n) is 4.10. The first kappa shape index (κ1) is 21.5. The average Bonchev–Trinajstić information content (AvgIpc) is 3.22. The maximum absolute atomic E-state index is 13.4. The molecule has 0 aliphatic carbocycles. The van der Waals surface area contributed by atoms with Gasteiger partial charge in [-0.25, -0.2) is 4.98 Å². The van der Waals surface area contributed by atoms with Crippen LogP contribution >= 0.6 is 11.3 Å². The van der Waals surface area contributed by atoms with Crippen molar-refractivity contribution < 1.29 is 24.5 Å². The van der Waals surface area contributed by atoms with Crippen LogP contribution in [0.4, 0.5) is 0 Å². The number of hydrogen-bond acceptors (Lipinski definition) is 8. The second kappa shape index (κ2) is 8.78. The second-order valence-electron chi connectivity index (χ2n) is 7.69. The molecule has 1 aromatic carbocycles. The molecule has 1 saturated heterocycles. The Morgan fingerprint density at radius 2 is 1.97 bits per heavy atom. The maximum atomic E-state index is 13.4. The van der Waals surface area contributed by atoms with Gasteiger partial charge in [0.05, 0.1) is 40.4 Å². The highest BCUT2D eigenvalue weighted by Gasteiger charge is 2.44. The Morgan fingerprint density at radius 1 is 1.23 bits per heavy atom. The van der Waals surface area contributed by atoms with Gasteiger partial charge in [0, 0.05) is 26.2 Å². The van der Waals surface area contributed by atoms with Crippen molar-refractivity contribution in [3.8, 4) is 5.75 Å². The number of carbonyl (C=O) groups is 2. The number of phenolic OH excluding ortho intramolecular Hbond substituents is 1. The first-order valence-corrected chi connectivity index (χ1v) is 11.0. The van der Waals surface area contributed by atoms with Crippen LogP contribution in [0.25, 0.3) is 0 Å². The fourth-order valence-corrected chi connectivity index (χ4v) is 4.97. The van der Waals surface area contributed by atoms with Gasteiger partial charge in [-0.15, -0.1) is 11.3 Å². The number of amides is 1. The first-order chi connectivity index (χ1) is 14.9. The highest BCUT2D eigenvalue weighted by Crippen LogP contribution is 2.40. The zero-order chi connectivity index (χ0) is 22.1. The van der Waals surface area contributed by atoms with Crippen molar-refractivity contribution in [1.29, 1.82) is 0 Å². The number of aryl methyl sites for hydroxylation is 2. The van der Waals surface area contributed by atoms with Gasteiger partial charge >= 0.3 is 0 Å². The van der Waals surface area contributed by atoms with Crippen LogP contribution in [-0.2, 0) is 9.53 Å². The van der Waals surface area contributed by atoms with E-state index in [-0.39, 0.29) is 11.3 Å². The summed E-state index contributed by atoms with van der Waals surface area (Å²) >= 11 is 1.24. The number of ketones is 1. The highest BCUT2D eigenvalue weighted by molar-refractivity contribution is 7.14. The molecule has 1 atom stereocenters. The van der Waals surface area contributed by atoms with Crippen molar-refractivity contribution in [2.45, 2.75) is 19.9 Å². The zero-order valence-electron chi connectivity index (χ0n) is 17.5. The van der Waals surface area contributed by atoms with E-state index in [9.17, 15) is 19.8 Å². The average molecular weight is 444 g/mol. The summed E-state index contributed by atoms with van der Waals surface area (Å²) in [5, 5.41) is 21.5. The Hall–Kier alpha value is -2.75. The number of aliphatic hydroxyl groups excluding tert-OH is 1. The summed E-state index contributed by atoms with van der Waals surface area (Å²) in [6.45, 7) is 7.29. The number of carbonyl (C=O) groups excluding carboxylic acids is 2. The van der Waals surface area contributed by atoms with Gasteiger partial charge in [-0.1, -0.05) is 12.1 Å². The summed E-state index contributed by atoms with van der Waals surface area (Å²) in [7, 11) is 0. The third-order valence-corrected chi connectivity index (χ3v) is 6.68. The van der Waals surface area contributed by atoms with E-state index >= 15 is 0 Å². The van der Waals surface area contributed by atoms with E-state index in [0.29, 0.717) is 42.4 Å². The van der Waals surface area contributed by atoms with Crippen LogP contribution in [0.5, 0.6) is 5.75 Å². The number of aliphatic hydroxyl groups is 1. The van der Waals surface area contributed by atoms with Gasteiger partial charge in [0.2, 0.25) is 5.78 Å². The molecule has 1 fully saturated rings. The summed E-state index contributed by atoms with van der Waals surface area (Å²) in [6.07, 6.45) is 0. The molecule has 8 nitrogen and oxygen atoms in total. The van der Waals surface area contributed by atoms with E-state index in [1.165, 1.54) is 28.4 Å². The van der Waals surface area contributed by atoms with Crippen molar-refractivity contribution in [3.05, 3.63) is 56.7 Å². The topological polar surface area (TPSA) is 103 Å². The van der Waals surface area contributed by atoms with Gasteiger partial charge in [-0.05, 0) is 31.5 Å². The largest absolute Gasteiger partial charge is 0.508 e. The van der Waals surface area contributed by atoms with Crippen LogP contribution in [-0.4, -0.2) is 76.1 Å².